The molecule has 2 N–H and O–H groups in total. The van der Waals surface area contributed by atoms with Crippen LogP contribution in [0.15, 0.2) is 35.2 Å². The van der Waals surface area contributed by atoms with E-state index in [1.165, 1.54) is 121 Å². The van der Waals surface area contributed by atoms with Crippen molar-refractivity contribution in [3.8, 4) is 0 Å². The molecule has 0 radical (unpaired) electrons. The van der Waals surface area contributed by atoms with Gasteiger partial charge >= 0.3 is 11.9 Å². The largest absolute Gasteiger partial charge is 0.478 e. The lowest BCUT2D eigenvalue weighted by Crippen LogP contribution is -2.21. The monoisotopic (exact) mass is 632 g/mol. The number of rotatable bonds is 24. The summed E-state index contributed by atoms with van der Waals surface area (Å²) < 4.78 is 38.9. The quantitative estimate of drug-likeness (QED) is 0.0671. The van der Waals surface area contributed by atoms with Gasteiger partial charge in [0, 0.05) is 5.39 Å². The average molecular weight is 633 g/mol. The van der Waals surface area contributed by atoms with Gasteiger partial charge in [0.15, 0.2) is 0 Å². The highest BCUT2D eigenvalue weighted by Gasteiger charge is 2.27. The zero-order valence-corrected chi connectivity index (χ0v) is 28.2. The highest BCUT2D eigenvalue weighted by Crippen LogP contribution is 2.41. The fourth-order valence-corrected chi connectivity index (χ4v) is 7.03. The van der Waals surface area contributed by atoms with E-state index >= 15 is 0 Å². The predicted octanol–water partition coefficient (Wildman–Crippen LogP) is 10.4. The van der Waals surface area contributed by atoms with Gasteiger partial charge < -0.3 is 9.84 Å². The third-order valence-corrected chi connectivity index (χ3v) is 9.84. The van der Waals surface area contributed by atoms with E-state index in [-0.39, 0.29) is 28.5 Å². The molecule has 0 aliphatic carbocycles. The van der Waals surface area contributed by atoms with E-state index in [1.54, 1.807) is 0 Å². The van der Waals surface area contributed by atoms with Crippen molar-refractivity contribution in [1.82, 2.24) is 0 Å². The van der Waals surface area contributed by atoms with E-state index in [9.17, 15) is 27.7 Å². The average Bonchev–Trinajstić information content (AvgIpc) is 3.00. The van der Waals surface area contributed by atoms with Gasteiger partial charge in [0.25, 0.3) is 10.1 Å². The zero-order valence-electron chi connectivity index (χ0n) is 27.4. The molecule has 8 heteroatoms. The van der Waals surface area contributed by atoms with Crippen molar-refractivity contribution in [2.75, 3.05) is 6.61 Å². The molecule has 0 aliphatic heterocycles. The molecule has 0 aliphatic rings. The molecular weight excluding hydrogens is 576 g/mol. The van der Waals surface area contributed by atoms with E-state index in [2.05, 4.69) is 20.8 Å². The number of hydrogen-bond acceptors (Lipinski definition) is 5. The SMILES string of the molecule is CCCCC(CCCC)(CCCC)CCCCCCCCCCCOC(=O)c1cc(S(=O)(=O)O)c2ccc(C(=O)O)cc2c1. The standard InChI is InChI=1S/C36H56O7S/c1-4-7-21-36(22-8-5-2,23-9-6-3)24-17-15-13-11-10-12-14-16-18-25-43-35(39)31-27-30-26-29(34(37)38)19-20-32(30)33(28-31)44(40,41)42/h19-20,26-28H,4-18,21-25H2,1-3H3,(H,37,38)(H,40,41,42). The van der Waals surface area contributed by atoms with Crippen molar-refractivity contribution in [2.45, 2.75) is 148 Å². The Balaban J connectivity index is 1.70. The van der Waals surface area contributed by atoms with Crippen LogP contribution in [0.4, 0.5) is 0 Å². The second-order valence-corrected chi connectivity index (χ2v) is 14.0. The summed E-state index contributed by atoms with van der Waals surface area (Å²) in [5.41, 5.74) is 0.465. The maximum Gasteiger partial charge on any atom is 0.338 e. The Morgan fingerprint density at radius 2 is 1.16 bits per heavy atom. The lowest BCUT2D eigenvalue weighted by molar-refractivity contribution is 0.0497. The van der Waals surface area contributed by atoms with E-state index in [4.69, 9.17) is 4.74 Å². The van der Waals surface area contributed by atoms with Crippen molar-refractivity contribution in [2.24, 2.45) is 5.41 Å². The van der Waals surface area contributed by atoms with Gasteiger partial charge in [-0.05, 0) is 67.2 Å². The molecule has 0 heterocycles. The maximum absolute atomic E-state index is 12.6. The maximum atomic E-state index is 12.6. The molecule has 0 spiro atoms. The van der Waals surface area contributed by atoms with Crippen molar-refractivity contribution >= 4 is 32.8 Å². The summed E-state index contributed by atoms with van der Waals surface area (Å²) >= 11 is 0. The number of benzene rings is 2. The summed E-state index contributed by atoms with van der Waals surface area (Å²) in [5.74, 6) is -1.89. The molecule has 0 saturated carbocycles. The summed E-state index contributed by atoms with van der Waals surface area (Å²) in [6.07, 6.45) is 23.9. The number of hydrogen-bond donors (Lipinski definition) is 2. The van der Waals surface area contributed by atoms with Crippen LogP contribution in [0.5, 0.6) is 0 Å². The van der Waals surface area contributed by atoms with Crippen molar-refractivity contribution in [1.29, 1.82) is 0 Å². The lowest BCUT2D eigenvalue weighted by Gasteiger charge is -2.35. The molecule has 0 unspecified atom stereocenters. The van der Waals surface area contributed by atoms with Gasteiger partial charge in [-0.25, -0.2) is 9.59 Å². The Hall–Kier alpha value is -2.45. The Labute approximate surface area is 265 Å². The van der Waals surface area contributed by atoms with Gasteiger partial charge in [-0.3, -0.25) is 4.55 Å². The van der Waals surface area contributed by atoms with Crippen molar-refractivity contribution in [3.05, 3.63) is 41.5 Å². The summed E-state index contributed by atoms with van der Waals surface area (Å²) in [7, 11) is -4.64. The first-order valence-corrected chi connectivity index (χ1v) is 18.5. The fraction of sp³-hybridized carbons (Fsp3) is 0.667. The fourth-order valence-electron chi connectivity index (χ4n) is 6.29. The summed E-state index contributed by atoms with van der Waals surface area (Å²) in [5, 5.41) is 9.61. The number of carbonyl (C=O) groups excluding carboxylic acids is 1. The second kappa shape index (κ2) is 19.8. The van der Waals surface area contributed by atoms with Gasteiger partial charge in [-0.2, -0.15) is 8.42 Å². The topological polar surface area (TPSA) is 118 Å². The third kappa shape index (κ3) is 12.9. The molecule has 0 amide bonds. The molecule has 2 aromatic carbocycles. The first-order valence-electron chi connectivity index (χ1n) is 17.0. The van der Waals surface area contributed by atoms with Crippen LogP contribution < -0.4 is 0 Å². The Kier molecular flexibility index (Phi) is 17.0. The molecular formula is C36H56O7S. The molecule has 2 aromatic rings. The van der Waals surface area contributed by atoms with Crippen LogP contribution in [0.2, 0.25) is 0 Å². The Bertz CT molecular complexity index is 1250. The first kappa shape index (κ1) is 37.7. The van der Waals surface area contributed by atoms with Gasteiger partial charge in [0.1, 0.15) is 4.90 Å². The van der Waals surface area contributed by atoms with Crippen LogP contribution in [0.25, 0.3) is 10.8 Å². The van der Waals surface area contributed by atoms with Crippen LogP contribution in [0.1, 0.15) is 163 Å². The molecule has 7 nitrogen and oxygen atoms in total. The Morgan fingerprint density at radius 3 is 1.66 bits per heavy atom. The molecule has 0 atom stereocenters. The van der Waals surface area contributed by atoms with Crippen molar-refractivity contribution < 1.29 is 32.4 Å². The number of fused-ring (bicyclic) bond motifs is 1. The first-order chi connectivity index (χ1) is 21.1. The summed E-state index contributed by atoms with van der Waals surface area (Å²) in [6.45, 7) is 7.15. The van der Waals surface area contributed by atoms with Crippen molar-refractivity contribution in [3.63, 3.8) is 0 Å². The minimum absolute atomic E-state index is 0.0500. The van der Waals surface area contributed by atoms with Crippen LogP contribution in [0.3, 0.4) is 0 Å². The van der Waals surface area contributed by atoms with Crippen LogP contribution in [0, 0.1) is 5.41 Å². The number of carboxylic acid groups (broad SMARTS) is 1. The zero-order chi connectivity index (χ0) is 32.4. The number of carboxylic acids is 1. The van der Waals surface area contributed by atoms with Gasteiger partial charge in [-0.15, -0.1) is 0 Å². The summed E-state index contributed by atoms with van der Waals surface area (Å²) in [4.78, 5) is 23.5. The number of ether oxygens (including phenoxy) is 1. The highest BCUT2D eigenvalue weighted by atomic mass is 32.2. The molecule has 0 aromatic heterocycles. The highest BCUT2D eigenvalue weighted by molar-refractivity contribution is 7.86. The number of carbonyl (C=O) groups is 2. The lowest BCUT2D eigenvalue weighted by atomic mass is 9.71. The number of esters is 1. The van der Waals surface area contributed by atoms with E-state index in [0.29, 0.717) is 11.8 Å². The van der Waals surface area contributed by atoms with E-state index in [1.807, 2.05) is 0 Å². The minimum Gasteiger partial charge on any atom is -0.478 e. The molecule has 44 heavy (non-hydrogen) atoms. The molecule has 0 bridgehead atoms. The van der Waals surface area contributed by atoms with Crippen LogP contribution >= 0.6 is 0 Å². The molecule has 2 rings (SSSR count). The van der Waals surface area contributed by atoms with Crippen LogP contribution in [-0.4, -0.2) is 36.6 Å². The number of aromatic carboxylic acids is 1. The number of unbranched alkanes of at least 4 members (excludes halogenated alkanes) is 11. The van der Waals surface area contributed by atoms with Gasteiger partial charge in [0.05, 0.1) is 17.7 Å². The van der Waals surface area contributed by atoms with Gasteiger partial charge in [-0.1, -0.05) is 117 Å². The second-order valence-electron chi connectivity index (χ2n) is 12.6. The molecule has 0 saturated heterocycles. The van der Waals surface area contributed by atoms with E-state index < -0.39 is 27.0 Å². The smallest absolute Gasteiger partial charge is 0.338 e. The third-order valence-electron chi connectivity index (χ3n) is 8.94. The minimum atomic E-state index is -4.64. The van der Waals surface area contributed by atoms with Gasteiger partial charge in [0.2, 0.25) is 0 Å². The van der Waals surface area contributed by atoms with Crippen LogP contribution in [-0.2, 0) is 14.9 Å². The van der Waals surface area contributed by atoms with E-state index in [0.717, 1.165) is 25.3 Å². The molecule has 248 valence electrons. The Morgan fingerprint density at radius 1 is 0.682 bits per heavy atom. The predicted molar refractivity (Wildman–Crippen MR) is 178 cm³/mol. The molecule has 0 fully saturated rings. The normalized spacial score (nSPS) is 12.1. The summed E-state index contributed by atoms with van der Waals surface area (Å²) in [6, 6.07) is 6.28.